The number of hydrogen-bond acceptors (Lipinski definition) is 7. The van der Waals surface area contributed by atoms with Crippen molar-refractivity contribution in [3.05, 3.63) is 56.3 Å². The average molecular weight is 415 g/mol. The summed E-state index contributed by atoms with van der Waals surface area (Å²) < 4.78 is 23.6. The Morgan fingerprint density at radius 1 is 1.41 bits per heavy atom. The third-order valence-electron chi connectivity index (χ3n) is 3.68. The van der Waals surface area contributed by atoms with E-state index in [1.165, 1.54) is 0 Å². The first-order valence-electron chi connectivity index (χ1n) is 8.26. The zero-order chi connectivity index (χ0) is 19.9. The number of halogens is 1. The van der Waals surface area contributed by atoms with Gasteiger partial charge in [-0.1, -0.05) is 34.0 Å². The number of nitrogens with zero attached hydrogens (tertiary/aromatic N) is 4. The highest BCUT2D eigenvalue weighted by Crippen LogP contribution is 2.57. The van der Waals surface area contributed by atoms with Crippen molar-refractivity contribution < 1.29 is 23.6 Å². The van der Waals surface area contributed by atoms with Crippen molar-refractivity contribution in [2.24, 2.45) is 10.3 Å². The maximum Gasteiger partial charge on any atom is 0.359 e. The molecule has 1 unspecified atom stereocenters. The van der Waals surface area contributed by atoms with Crippen LogP contribution < -0.4 is 0 Å². The molecule has 0 saturated heterocycles. The number of aliphatic hydroxyl groups excluding tert-OH is 1. The van der Waals surface area contributed by atoms with E-state index < -0.39 is 20.3 Å². The SMILES string of the molecule is CCOP(=O)(OCC)/C(CO)=C(\N=[N+]=[N-])C1CC(c2ccc(Cl)cc2)=NO1. The molecule has 0 bridgehead atoms. The van der Waals surface area contributed by atoms with Crippen molar-refractivity contribution in [2.75, 3.05) is 19.8 Å². The van der Waals surface area contributed by atoms with Crippen LogP contribution in [0, 0.1) is 0 Å². The lowest BCUT2D eigenvalue weighted by Crippen LogP contribution is -2.15. The highest BCUT2D eigenvalue weighted by molar-refractivity contribution is 7.58. The van der Waals surface area contributed by atoms with E-state index in [9.17, 15) is 9.67 Å². The molecule has 1 aromatic carbocycles. The molecule has 1 heterocycles. The van der Waals surface area contributed by atoms with E-state index in [1.807, 2.05) is 0 Å². The fourth-order valence-electron chi connectivity index (χ4n) is 2.53. The second-order valence-corrected chi connectivity index (χ2v) is 7.84. The van der Waals surface area contributed by atoms with E-state index in [4.69, 9.17) is 31.0 Å². The van der Waals surface area contributed by atoms with Crippen molar-refractivity contribution in [2.45, 2.75) is 26.4 Å². The Morgan fingerprint density at radius 3 is 2.56 bits per heavy atom. The first-order valence-corrected chi connectivity index (χ1v) is 10.2. The monoisotopic (exact) mass is 414 g/mol. The summed E-state index contributed by atoms with van der Waals surface area (Å²) in [6.07, 6.45) is -0.583. The van der Waals surface area contributed by atoms with Crippen molar-refractivity contribution in [1.82, 2.24) is 0 Å². The molecule has 1 aliphatic heterocycles. The molecule has 1 N–H and O–H groups in total. The summed E-state index contributed by atoms with van der Waals surface area (Å²) >= 11 is 5.89. The van der Waals surface area contributed by atoms with Gasteiger partial charge in [-0.05, 0) is 37.1 Å². The van der Waals surface area contributed by atoms with E-state index in [0.717, 1.165) is 5.56 Å². The Kier molecular flexibility index (Phi) is 7.86. The van der Waals surface area contributed by atoms with E-state index in [-0.39, 0.29) is 30.6 Å². The first-order chi connectivity index (χ1) is 13.0. The molecule has 2 rings (SSSR count). The number of rotatable bonds is 9. The molecular formula is C16H20ClN4O5P. The average Bonchev–Trinajstić information content (AvgIpc) is 3.12. The zero-order valence-corrected chi connectivity index (χ0v) is 16.6. The molecule has 11 heteroatoms. The van der Waals surface area contributed by atoms with Crippen LogP contribution in [0.4, 0.5) is 0 Å². The smallest absolute Gasteiger partial charge is 0.359 e. The number of oxime groups is 1. The molecule has 1 aromatic rings. The molecule has 146 valence electrons. The van der Waals surface area contributed by atoms with Gasteiger partial charge in [-0.15, -0.1) is 0 Å². The lowest BCUT2D eigenvalue weighted by atomic mass is 10.0. The van der Waals surface area contributed by atoms with E-state index in [0.29, 0.717) is 10.7 Å². The Labute approximate surface area is 161 Å². The molecule has 0 amide bonds. The van der Waals surface area contributed by atoms with Gasteiger partial charge in [0, 0.05) is 16.4 Å². The lowest BCUT2D eigenvalue weighted by Gasteiger charge is -2.22. The molecule has 1 aliphatic rings. The van der Waals surface area contributed by atoms with Gasteiger partial charge in [-0.3, -0.25) is 4.57 Å². The van der Waals surface area contributed by atoms with Gasteiger partial charge in [-0.2, -0.15) is 0 Å². The van der Waals surface area contributed by atoms with Crippen molar-refractivity contribution >= 4 is 24.9 Å². The van der Waals surface area contributed by atoms with Crippen LogP contribution in [0.3, 0.4) is 0 Å². The van der Waals surface area contributed by atoms with Crippen LogP contribution in [-0.4, -0.2) is 36.7 Å². The van der Waals surface area contributed by atoms with E-state index >= 15 is 0 Å². The molecule has 0 fully saturated rings. The quantitative estimate of drug-likeness (QED) is 0.273. The minimum atomic E-state index is -3.85. The van der Waals surface area contributed by atoms with Gasteiger partial charge in [0.25, 0.3) is 0 Å². The predicted molar refractivity (Wildman–Crippen MR) is 102 cm³/mol. The minimum absolute atomic E-state index is 0.0575. The van der Waals surface area contributed by atoms with Gasteiger partial charge in [0.15, 0.2) is 6.10 Å². The van der Waals surface area contributed by atoms with Crippen LogP contribution in [0.2, 0.25) is 5.02 Å². The third kappa shape index (κ3) is 5.11. The Balaban J connectivity index is 2.38. The van der Waals surface area contributed by atoms with Crippen LogP contribution in [0.5, 0.6) is 0 Å². The van der Waals surface area contributed by atoms with Gasteiger partial charge < -0.3 is 19.0 Å². The largest absolute Gasteiger partial charge is 0.391 e. The molecular weight excluding hydrogens is 395 g/mol. The summed E-state index contributed by atoms with van der Waals surface area (Å²) in [4.78, 5) is 8.16. The van der Waals surface area contributed by atoms with Gasteiger partial charge in [-0.25, -0.2) is 0 Å². The van der Waals surface area contributed by atoms with Crippen LogP contribution in [0.25, 0.3) is 10.4 Å². The van der Waals surface area contributed by atoms with Crippen molar-refractivity contribution in [3.8, 4) is 0 Å². The van der Waals surface area contributed by atoms with Gasteiger partial charge >= 0.3 is 7.60 Å². The minimum Gasteiger partial charge on any atom is -0.391 e. The van der Waals surface area contributed by atoms with Crippen LogP contribution >= 0.6 is 19.2 Å². The molecule has 0 saturated carbocycles. The zero-order valence-electron chi connectivity index (χ0n) is 14.9. The van der Waals surface area contributed by atoms with Crippen molar-refractivity contribution in [1.29, 1.82) is 0 Å². The van der Waals surface area contributed by atoms with Crippen molar-refractivity contribution in [3.63, 3.8) is 0 Å². The van der Waals surface area contributed by atoms with Gasteiger partial charge in [0.05, 0.1) is 36.5 Å². The number of azide groups is 1. The number of hydrogen-bond donors (Lipinski definition) is 1. The second-order valence-electron chi connectivity index (χ2n) is 5.36. The first kappa shape index (κ1) is 21.4. The molecule has 27 heavy (non-hydrogen) atoms. The highest BCUT2D eigenvalue weighted by atomic mass is 35.5. The Hall–Kier alpha value is -1.86. The Bertz CT molecular complexity index is 811. The van der Waals surface area contributed by atoms with E-state index in [1.54, 1.807) is 38.1 Å². The fourth-order valence-corrected chi connectivity index (χ4v) is 4.37. The summed E-state index contributed by atoms with van der Waals surface area (Å²) in [7, 11) is -3.85. The highest BCUT2D eigenvalue weighted by Gasteiger charge is 2.37. The maximum atomic E-state index is 13.1. The molecule has 0 aromatic heterocycles. The molecule has 9 nitrogen and oxygen atoms in total. The molecule has 0 spiro atoms. The summed E-state index contributed by atoms with van der Waals surface area (Å²) in [5.74, 6) is 0. The second kappa shape index (κ2) is 9.90. The van der Waals surface area contributed by atoms with Crippen LogP contribution in [-0.2, 0) is 18.5 Å². The third-order valence-corrected chi connectivity index (χ3v) is 6.16. The number of aliphatic hydroxyl groups is 1. The standard InChI is InChI=1S/C16H20ClN4O5P/c1-3-24-27(23,25-4-2)15(10-22)16(19-21-18)14-9-13(20-26-14)11-5-7-12(17)8-6-11/h5-8,14,22H,3-4,9-10H2,1-2H3/b16-15-. The van der Waals surface area contributed by atoms with E-state index in [2.05, 4.69) is 15.2 Å². The summed E-state index contributed by atoms with van der Waals surface area (Å²) in [6, 6.07) is 6.99. The summed E-state index contributed by atoms with van der Waals surface area (Å²) in [6.45, 7) is 2.77. The Morgan fingerprint density at radius 2 is 2.04 bits per heavy atom. The van der Waals surface area contributed by atoms with Gasteiger partial charge in [0.1, 0.15) is 0 Å². The molecule has 0 aliphatic carbocycles. The van der Waals surface area contributed by atoms with Crippen LogP contribution in [0.1, 0.15) is 25.8 Å². The molecule has 0 radical (unpaired) electrons. The summed E-state index contributed by atoms with van der Waals surface area (Å²) in [5, 5.41) is 17.9. The van der Waals surface area contributed by atoms with Crippen LogP contribution in [0.15, 0.2) is 45.5 Å². The fraction of sp³-hybridized carbons (Fsp3) is 0.438. The maximum absolute atomic E-state index is 13.1. The summed E-state index contributed by atoms with van der Waals surface area (Å²) in [5.41, 5.74) is 10.3. The lowest BCUT2D eigenvalue weighted by molar-refractivity contribution is 0.108. The molecule has 1 atom stereocenters. The topological polar surface area (TPSA) is 126 Å². The normalized spacial score (nSPS) is 17.6. The number of benzene rings is 1. The van der Waals surface area contributed by atoms with Gasteiger partial charge in [0.2, 0.25) is 0 Å². The predicted octanol–water partition coefficient (Wildman–Crippen LogP) is 4.61.